The van der Waals surface area contributed by atoms with Crippen LogP contribution in [0.15, 0.2) is 36.4 Å². The minimum absolute atomic E-state index is 0.588. The molecule has 1 aliphatic rings. The summed E-state index contributed by atoms with van der Waals surface area (Å²) in [5.41, 5.74) is 3.42. The van der Waals surface area contributed by atoms with Crippen molar-refractivity contribution in [2.75, 3.05) is 13.2 Å². The van der Waals surface area contributed by atoms with Gasteiger partial charge in [-0.25, -0.2) is 0 Å². The molecule has 0 saturated carbocycles. The molecule has 0 radical (unpaired) electrons. The van der Waals surface area contributed by atoms with Crippen molar-refractivity contribution in [2.45, 2.75) is 32.5 Å². The summed E-state index contributed by atoms with van der Waals surface area (Å²) in [7, 11) is 0. The Bertz CT molecular complexity index is 708. The summed E-state index contributed by atoms with van der Waals surface area (Å²) in [6, 6.07) is 9.33. The van der Waals surface area contributed by atoms with E-state index in [1.54, 1.807) is 12.1 Å². The van der Waals surface area contributed by atoms with E-state index in [0.29, 0.717) is 6.61 Å². The lowest BCUT2D eigenvalue weighted by molar-refractivity contribution is -0.137. The van der Waals surface area contributed by atoms with Gasteiger partial charge < -0.3 is 10.1 Å². The van der Waals surface area contributed by atoms with Gasteiger partial charge in [0.2, 0.25) is 0 Å². The zero-order valence-corrected chi connectivity index (χ0v) is 13.5. The van der Waals surface area contributed by atoms with Crippen LogP contribution in [0.5, 0.6) is 5.75 Å². The van der Waals surface area contributed by atoms with E-state index in [2.05, 4.69) is 5.32 Å². The van der Waals surface area contributed by atoms with E-state index in [4.69, 9.17) is 4.74 Å². The van der Waals surface area contributed by atoms with E-state index in [-0.39, 0.29) is 0 Å². The Hall–Kier alpha value is -2.01. The lowest BCUT2D eigenvalue weighted by Gasteiger charge is -2.23. The monoisotopic (exact) mass is 335 g/mol. The maximum atomic E-state index is 12.8. The first-order valence-corrected chi connectivity index (χ1v) is 8.16. The third-order valence-corrected chi connectivity index (χ3v) is 4.20. The Morgan fingerprint density at radius 2 is 1.83 bits per heavy atom. The molecule has 0 aliphatic carbocycles. The average molecular weight is 335 g/mol. The van der Waals surface area contributed by atoms with Crippen molar-refractivity contribution in [1.29, 1.82) is 0 Å². The Balaban J connectivity index is 2.07. The van der Waals surface area contributed by atoms with Crippen molar-refractivity contribution in [3.63, 3.8) is 0 Å². The fourth-order valence-electron chi connectivity index (χ4n) is 3.03. The van der Waals surface area contributed by atoms with Crippen molar-refractivity contribution < 1.29 is 17.9 Å². The molecule has 3 rings (SSSR count). The maximum Gasteiger partial charge on any atom is 0.416 e. The van der Waals surface area contributed by atoms with Gasteiger partial charge in [0.1, 0.15) is 5.75 Å². The molecular weight excluding hydrogens is 315 g/mol. The normalized spacial score (nSPS) is 14.3. The van der Waals surface area contributed by atoms with Crippen molar-refractivity contribution in [3.05, 3.63) is 53.1 Å². The topological polar surface area (TPSA) is 21.3 Å². The first-order chi connectivity index (χ1) is 11.5. The van der Waals surface area contributed by atoms with Gasteiger partial charge in [0, 0.05) is 12.1 Å². The third kappa shape index (κ3) is 3.41. The van der Waals surface area contributed by atoms with Crippen LogP contribution in [-0.4, -0.2) is 13.2 Å². The van der Waals surface area contributed by atoms with E-state index in [1.807, 2.05) is 19.1 Å². The Morgan fingerprint density at radius 3 is 2.50 bits per heavy atom. The number of benzene rings is 2. The predicted octanol–water partition coefficient (Wildman–Crippen LogP) is 4.81. The lowest BCUT2D eigenvalue weighted by atomic mass is 9.90. The Kier molecular flexibility index (Phi) is 4.81. The maximum absolute atomic E-state index is 12.8. The molecule has 0 aromatic heterocycles. The molecule has 1 aliphatic heterocycles. The lowest BCUT2D eigenvalue weighted by Crippen LogP contribution is -2.24. The molecule has 0 bridgehead atoms. The van der Waals surface area contributed by atoms with Gasteiger partial charge in [0.05, 0.1) is 12.2 Å². The van der Waals surface area contributed by atoms with Crippen molar-refractivity contribution >= 4 is 0 Å². The van der Waals surface area contributed by atoms with Gasteiger partial charge in [-0.15, -0.1) is 0 Å². The third-order valence-electron chi connectivity index (χ3n) is 4.20. The zero-order valence-electron chi connectivity index (χ0n) is 13.5. The summed E-state index contributed by atoms with van der Waals surface area (Å²) in [4.78, 5) is 0. The number of hydrogen-bond acceptors (Lipinski definition) is 2. The molecule has 0 amide bonds. The van der Waals surface area contributed by atoms with Gasteiger partial charge in [-0.2, -0.15) is 13.2 Å². The molecule has 2 aromatic rings. The molecule has 2 nitrogen and oxygen atoms in total. The van der Waals surface area contributed by atoms with Crippen LogP contribution in [0.3, 0.4) is 0 Å². The van der Waals surface area contributed by atoms with E-state index in [1.165, 1.54) is 11.1 Å². The van der Waals surface area contributed by atoms with Crippen LogP contribution in [0, 0.1) is 0 Å². The minimum atomic E-state index is -4.32. The summed E-state index contributed by atoms with van der Waals surface area (Å²) in [5.74, 6) is 0.747. The predicted molar refractivity (Wildman–Crippen MR) is 88.1 cm³/mol. The summed E-state index contributed by atoms with van der Waals surface area (Å²) in [6.45, 7) is 4.25. The van der Waals surface area contributed by atoms with Gasteiger partial charge in [-0.1, -0.05) is 25.1 Å². The number of ether oxygens (including phenoxy) is 1. The highest BCUT2D eigenvalue weighted by Gasteiger charge is 2.30. The number of halogens is 3. The van der Waals surface area contributed by atoms with Crippen LogP contribution in [0.4, 0.5) is 13.2 Å². The molecule has 128 valence electrons. The second-order valence-corrected chi connectivity index (χ2v) is 5.93. The summed E-state index contributed by atoms with van der Waals surface area (Å²) >= 11 is 0. The van der Waals surface area contributed by atoms with Gasteiger partial charge in [-0.05, 0) is 54.3 Å². The number of hydrogen-bond donors (Lipinski definition) is 1. The number of alkyl halides is 3. The van der Waals surface area contributed by atoms with Crippen LogP contribution in [0.2, 0.25) is 0 Å². The largest absolute Gasteiger partial charge is 0.493 e. The average Bonchev–Trinajstić information content (AvgIpc) is 2.58. The first kappa shape index (κ1) is 16.8. The van der Waals surface area contributed by atoms with E-state index >= 15 is 0 Å². The standard InChI is InChI=1S/C19H20F3NO/c1-2-11-24-17-8-5-14-12-23-10-9-16(14)18(17)13-3-6-15(7-4-13)19(20,21)22/h3-8,23H,2,9-12H2,1H3. The number of nitrogens with one attached hydrogen (secondary N) is 1. The highest BCUT2D eigenvalue weighted by Crippen LogP contribution is 2.38. The molecule has 0 fully saturated rings. The quantitative estimate of drug-likeness (QED) is 0.866. The summed E-state index contributed by atoms with van der Waals surface area (Å²) in [5, 5.41) is 3.32. The number of fused-ring (bicyclic) bond motifs is 1. The fraction of sp³-hybridized carbons (Fsp3) is 0.368. The highest BCUT2D eigenvalue weighted by molar-refractivity contribution is 5.76. The van der Waals surface area contributed by atoms with Gasteiger partial charge in [-0.3, -0.25) is 0 Å². The number of rotatable bonds is 4. The molecule has 0 unspecified atom stereocenters. The smallest absolute Gasteiger partial charge is 0.416 e. The van der Waals surface area contributed by atoms with E-state index < -0.39 is 11.7 Å². The van der Waals surface area contributed by atoms with E-state index in [9.17, 15) is 13.2 Å². The van der Waals surface area contributed by atoms with E-state index in [0.717, 1.165) is 54.9 Å². The molecule has 1 heterocycles. The Labute approximate surface area is 139 Å². The van der Waals surface area contributed by atoms with Gasteiger partial charge in [0.15, 0.2) is 0 Å². The second kappa shape index (κ2) is 6.85. The zero-order chi connectivity index (χ0) is 17.2. The second-order valence-electron chi connectivity index (χ2n) is 5.93. The van der Waals surface area contributed by atoms with Crippen molar-refractivity contribution in [1.82, 2.24) is 5.32 Å². The SMILES string of the molecule is CCCOc1ccc2c(c1-c1ccc(C(F)(F)F)cc1)CCNC2. The molecule has 5 heteroatoms. The molecule has 2 aromatic carbocycles. The van der Waals surface area contributed by atoms with Crippen LogP contribution >= 0.6 is 0 Å². The molecule has 1 N–H and O–H groups in total. The fourth-order valence-corrected chi connectivity index (χ4v) is 3.03. The van der Waals surface area contributed by atoms with Crippen LogP contribution in [-0.2, 0) is 19.1 Å². The minimum Gasteiger partial charge on any atom is -0.493 e. The van der Waals surface area contributed by atoms with Crippen molar-refractivity contribution in [2.24, 2.45) is 0 Å². The van der Waals surface area contributed by atoms with Gasteiger partial charge in [0.25, 0.3) is 0 Å². The first-order valence-electron chi connectivity index (χ1n) is 8.16. The van der Waals surface area contributed by atoms with Crippen molar-refractivity contribution in [3.8, 4) is 16.9 Å². The summed E-state index contributed by atoms with van der Waals surface area (Å²) < 4.78 is 44.3. The molecular formula is C19H20F3NO. The van der Waals surface area contributed by atoms with Crippen LogP contribution < -0.4 is 10.1 Å². The Morgan fingerprint density at radius 1 is 1.08 bits per heavy atom. The highest BCUT2D eigenvalue weighted by atomic mass is 19.4. The molecule has 24 heavy (non-hydrogen) atoms. The molecule has 0 atom stereocenters. The summed E-state index contributed by atoms with van der Waals surface area (Å²) in [6.07, 6.45) is -2.60. The van der Waals surface area contributed by atoms with Gasteiger partial charge >= 0.3 is 6.18 Å². The molecule has 0 spiro atoms. The van der Waals surface area contributed by atoms with Crippen LogP contribution in [0.1, 0.15) is 30.0 Å². The van der Waals surface area contributed by atoms with Crippen LogP contribution in [0.25, 0.3) is 11.1 Å². The molecule has 0 saturated heterocycles.